The van der Waals surface area contributed by atoms with E-state index in [2.05, 4.69) is 10.6 Å². The van der Waals surface area contributed by atoms with Crippen molar-refractivity contribution in [2.45, 2.75) is 69.8 Å². The first-order valence-corrected chi connectivity index (χ1v) is 13.5. The van der Waals surface area contributed by atoms with E-state index in [4.69, 9.17) is 4.74 Å². The van der Waals surface area contributed by atoms with Crippen molar-refractivity contribution < 1.29 is 33.5 Å². The van der Waals surface area contributed by atoms with Gasteiger partial charge < -0.3 is 15.0 Å². The topological polar surface area (TPSA) is 142 Å². The third-order valence-corrected chi connectivity index (χ3v) is 8.09. The van der Waals surface area contributed by atoms with Gasteiger partial charge in [-0.05, 0) is 55.0 Å². The van der Waals surface area contributed by atoms with Crippen LogP contribution in [0.1, 0.15) is 80.7 Å². The summed E-state index contributed by atoms with van der Waals surface area (Å²) < 4.78 is 5.63. The van der Waals surface area contributed by atoms with Crippen LogP contribution < -0.4 is 10.6 Å². The first kappa shape index (κ1) is 25.7. The van der Waals surface area contributed by atoms with Crippen molar-refractivity contribution in [1.29, 1.82) is 0 Å². The lowest BCUT2D eigenvalue weighted by atomic mass is 9.91. The van der Waals surface area contributed by atoms with E-state index in [9.17, 15) is 28.8 Å². The maximum absolute atomic E-state index is 13.0. The van der Waals surface area contributed by atoms with Crippen LogP contribution in [0.3, 0.4) is 0 Å². The van der Waals surface area contributed by atoms with Gasteiger partial charge in [-0.1, -0.05) is 24.3 Å². The molecule has 2 fully saturated rings. The highest BCUT2D eigenvalue weighted by molar-refractivity contribution is 6.21. The van der Waals surface area contributed by atoms with Crippen molar-refractivity contribution in [2.75, 3.05) is 0 Å². The zero-order valence-electron chi connectivity index (χ0n) is 21.7. The molecule has 0 aromatic heterocycles. The summed E-state index contributed by atoms with van der Waals surface area (Å²) in [4.78, 5) is 77.9. The second-order valence-electron chi connectivity index (χ2n) is 10.6. The zero-order chi connectivity index (χ0) is 28.0. The van der Waals surface area contributed by atoms with E-state index < -0.39 is 24.1 Å². The molecule has 3 aliphatic heterocycles. The van der Waals surface area contributed by atoms with Crippen LogP contribution in [-0.4, -0.2) is 63.6 Å². The normalized spacial score (nSPS) is 24.1. The lowest BCUT2D eigenvalue weighted by Gasteiger charge is -2.33. The summed E-state index contributed by atoms with van der Waals surface area (Å²) in [6, 6.07) is 11.0. The van der Waals surface area contributed by atoms with Crippen LogP contribution >= 0.6 is 0 Å². The van der Waals surface area contributed by atoms with Crippen LogP contribution in [-0.2, 0) is 27.4 Å². The first-order valence-electron chi connectivity index (χ1n) is 13.5. The van der Waals surface area contributed by atoms with Gasteiger partial charge in [0, 0.05) is 37.5 Å². The van der Waals surface area contributed by atoms with E-state index in [1.54, 1.807) is 42.5 Å². The van der Waals surface area contributed by atoms with Crippen LogP contribution in [0.4, 0.5) is 4.79 Å². The number of hydrogen-bond donors (Lipinski definition) is 2. The van der Waals surface area contributed by atoms with Crippen molar-refractivity contribution in [1.82, 2.24) is 20.4 Å². The number of hydrogen-bond acceptors (Lipinski definition) is 7. The van der Waals surface area contributed by atoms with Crippen molar-refractivity contribution in [3.63, 3.8) is 0 Å². The summed E-state index contributed by atoms with van der Waals surface area (Å²) in [5.41, 5.74) is 2.75. The van der Waals surface area contributed by atoms with Crippen LogP contribution in [0, 0.1) is 0 Å². The fraction of sp³-hybridized carbons (Fsp3) is 0.379. The Labute approximate surface area is 229 Å². The molecule has 0 spiro atoms. The molecule has 2 aromatic rings. The fourth-order valence-corrected chi connectivity index (χ4v) is 6.08. The summed E-state index contributed by atoms with van der Waals surface area (Å²) in [6.45, 7) is 0.415. The molecule has 2 N–H and O–H groups in total. The van der Waals surface area contributed by atoms with Crippen LogP contribution in [0.25, 0.3) is 0 Å². The standard InChI is InChI=1S/C29H28N4O7/c34-24-11-10-23(25(35)31-24)32-15-17-9-8-16(12-22(17)26(32)36)14-30-29(39)40-19-5-3-4-18(13-19)33-27(37)20-6-1-2-7-21(20)28(33)38/h1-2,6-9,12,18-19,23H,3-5,10-11,13-15H2,(H,30,39)(H,31,34,35). The monoisotopic (exact) mass is 544 g/mol. The number of rotatable bonds is 5. The van der Waals surface area contributed by atoms with Gasteiger partial charge in [-0.2, -0.15) is 0 Å². The maximum atomic E-state index is 13.0. The minimum atomic E-state index is -0.686. The highest BCUT2D eigenvalue weighted by Gasteiger charge is 2.42. The van der Waals surface area contributed by atoms with Gasteiger partial charge in [0.05, 0.1) is 11.1 Å². The molecular formula is C29H28N4O7. The van der Waals surface area contributed by atoms with Crippen molar-refractivity contribution in [2.24, 2.45) is 0 Å². The van der Waals surface area contributed by atoms with Gasteiger partial charge in [-0.25, -0.2) is 4.79 Å². The molecule has 3 atom stereocenters. The Morgan fingerprint density at radius 3 is 2.40 bits per heavy atom. The van der Waals surface area contributed by atoms with Gasteiger partial charge in [0.2, 0.25) is 11.8 Å². The van der Waals surface area contributed by atoms with Gasteiger partial charge in [-0.15, -0.1) is 0 Å². The number of amides is 6. The molecule has 11 heteroatoms. The molecule has 6 rings (SSSR count). The number of fused-ring (bicyclic) bond motifs is 2. The van der Waals surface area contributed by atoms with E-state index in [1.165, 1.54) is 9.80 Å². The quantitative estimate of drug-likeness (QED) is 0.550. The lowest BCUT2D eigenvalue weighted by molar-refractivity contribution is -0.136. The third kappa shape index (κ3) is 4.61. The maximum Gasteiger partial charge on any atom is 0.407 e. The molecule has 3 unspecified atom stereocenters. The van der Waals surface area contributed by atoms with Gasteiger partial charge in [0.1, 0.15) is 12.1 Å². The Hall–Kier alpha value is -4.54. The number of alkyl carbamates (subject to hydrolysis) is 1. The number of imide groups is 2. The largest absolute Gasteiger partial charge is 0.446 e. The van der Waals surface area contributed by atoms with E-state index in [-0.39, 0.29) is 49.2 Å². The SMILES string of the molecule is O=C1CCC(N2Cc3ccc(CNC(=O)OC4CCCC(N5C(=O)c6ccccc6C5=O)C4)cc3C2=O)C(=O)N1. The average molecular weight is 545 g/mol. The Morgan fingerprint density at radius 2 is 1.68 bits per heavy atom. The smallest absolute Gasteiger partial charge is 0.407 e. The van der Waals surface area contributed by atoms with Gasteiger partial charge >= 0.3 is 6.09 Å². The number of nitrogens with zero attached hydrogens (tertiary/aromatic N) is 2. The summed E-state index contributed by atoms with van der Waals surface area (Å²) >= 11 is 0. The summed E-state index contributed by atoms with van der Waals surface area (Å²) in [5, 5.41) is 5.01. The molecule has 206 valence electrons. The summed E-state index contributed by atoms with van der Waals surface area (Å²) in [5.74, 6) is -1.70. The molecule has 6 amide bonds. The van der Waals surface area contributed by atoms with Gasteiger partial charge in [0.25, 0.3) is 17.7 Å². The van der Waals surface area contributed by atoms with E-state index in [1.807, 2.05) is 0 Å². The minimum absolute atomic E-state index is 0.131. The Kier molecular flexibility index (Phi) is 6.57. The number of carbonyl (C=O) groups excluding carboxylic acids is 6. The molecule has 1 aliphatic carbocycles. The fourth-order valence-electron chi connectivity index (χ4n) is 6.08. The lowest BCUT2D eigenvalue weighted by Crippen LogP contribution is -2.52. The second kappa shape index (κ2) is 10.2. The molecular weight excluding hydrogens is 516 g/mol. The molecule has 2 aromatic carbocycles. The molecule has 4 aliphatic rings. The Morgan fingerprint density at radius 1 is 0.925 bits per heavy atom. The molecule has 0 radical (unpaired) electrons. The molecule has 11 nitrogen and oxygen atoms in total. The number of carbonyl (C=O) groups is 6. The number of nitrogens with one attached hydrogen (secondary N) is 2. The number of benzene rings is 2. The van der Waals surface area contributed by atoms with Gasteiger partial charge in [-0.3, -0.25) is 34.2 Å². The number of piperidine rings is 1. The van der Waals surface area contributed by atoms with Crippen molar-refractivity contribution >= 4 is 35.6 Å². The van der Waals surface area contributed by atoms with Crippen molar-refractivity contribution in [3.05, 3.63) is 70.3 Å². The summed E-state index contributed by atoms with van der Waals surface area (Å²) in [6.07, 6.45) is 1.81. The van der Waals surface area contributed by atoms with Crippen LogP contribution in [0.5, 0.6) is 0 Å². The van der Waals surface area contributed by atoms with Gasteiger partial charge in [0.15, 0.2) is 0 Å². The zero-order valence-corrected chi connectivity index (χ0v) is 21.7. The first-order chi connectivity index (χ1) is 19.3. The molecule has 1 saturated heterocycles. The van der Waals surface area contributed by atoms with Crippen molar-refractivity contribution in [3.8, 4) is 0 Å². The minimum Gasteiger partial charge on any atom is -0.446 e. The molecule has 40 heavy (non-hydrogen) atoms. The van der Waals surface area contributed by atoms with Crippen LogP contribution in [0.2, 0.25) is 0 Å². The van der Waals surface area contributed by atoms with E-state index >= 15 is 0 Å². The third-order valence-electron chi connectivity index (χ3n) is 8.09. The summed E-state index contributed by atoms with van der Waals surface area (Å²) in [7, 11) is 0. The second-order valence-corrected chi connectivity index (χ2v) is 10.6. The van der Waals surface area contributed by atoms with E-state index in [0.717, 1.165) is 5.56 Å². The predicted octanol–water partition coefficient (Wildman–Crippen LogP) is 2.28. The highest BCUT2D eigenvalue weighted by Crippen LogP contribution is 2.32. The van der Waals surface area contributed by atoms with Crippen LogP contribution in [0.15, 0.2) is 42.5 Å². The molecule has 0 bridgehead atoms. The molecule has 1 saturated carbocycles. The average Bonchev–Trinajstić information content (AvgIpc) is 3.40. The Bertz CT molecular complexity index is 1420. The highest BCUT2D eigenvalue weighted by atomic mass is 16.6. The molecule has 3 heterocycles. The number of ether oxygens (including phenoxy) is 1. The predicted molar refractivity (Wildman–Crippen MR) is 139 cm³/mol. The Balaban J connectivity index is 1.03. The van der Waals surface area contributed by atoms with E-state index in [0.29, 0.717) is 54.4 Å².